The van der Waals surface area contributed by atoms with Crippen molar-refractivity contribution < 1.29 is 4.79 Å². The van der Waals surface area contributed by atoms with Gasteiger partial charge in [0.2, 0.25) is 0 Å². The molecule has 0 aromatic heterocycles. The molecule has 0 bridgehead atoms. The van der Waals surface area contributed by atoms with E-state index in [1.807, 2.05) is 30.3 Å². The van der Waals surface area contributed by atoms with Gasteiger partial charge in [-0.3, -0.25) is 9.69 Å². The van der Waals surface area contributed by atoms with Crippen LogP contribution in [0, 0.1) is 5.92 Å². The number of carbonyl (C=O) groups is 1. The molecule has 3 nitrogen and oxygen atoms in total. The summed E-state index contributed by atoms with van der Waals surface area (Å²) in [7, 11) is 0. The van der Waals surface area contributed by atoms with Gasteiger partial charge in [0, 0.05) is 24.3 Å². The van der Waals surface area contributed by atoms with Gasteiger partial charge in [-0.15, -0.1) is 0 Å². The van der Waals surface area contributed by atoms with E-state index in [4.69, 9.17) is 0 Å². The molecule has 1 aliphatic heterocycles. The van der Waals surface area contributed by atoms with Crippen molar-refractivity contribution in [3.05, 3.63) is 65.2 Å². The van der Waals surface area contributed by atoms with Crippen LogP contribution < -0.4 is 5.32 Å². The standard InChI is InChI=1S/C22H28N2O/c1-3-19-8-4-5-9-21(19)23-22(25)20-12-10-18(11-13-20)16-24-14-6-7-17(2)15-24/h4-5,8-13,17H,3,6-7,14-16H2,1-2H3,(H,23,25). The highest BCUT2D eigenvalue weighted by molar-refractivity contribution is 6.04. The van der Waals surface area contributed by atoms with Gasteiger partial charge in [0.15, 0.2) is 0 Å². The zero-order valence-electron chi connectivity index (χ0n) is 15.3. The van der Waals surface area contributed by atoms with Gasteiger partial charge in [0.25, 0.3) is 5.91 Å². The summed E-state index contributed by atoms with van der Waals surface area (Å²) in [4.78, 5) is 15.0. The van der Waals surface area contributed by atoms with E-state index in [-0.39, 0.29) is 5.91 Å². The van der Waals surface area contributed by atoms with Crippen LogP contribution in [0.3, 0.4) is 0 Å². The SMILES string of the molecule is CCc1ccccc1NC(=O)c1ccc(CN2CCCC(C)C2)cc1. The molecule has 25 heavy (non-hydrogen) atoms. The van der Waals surface area contributed by atoms with Crippen molar-refractivity contribution >= 4 is 11.6 Å². The monoisotopic (exact) mass is 336 g/mol. The average Bonchev–Trinajstić information content (AvgIpc) is 2.63. The maximum Gasteiger partial charge on any atom is 0.255 e. The van der Waals surface area contributed by atoms with Gasteiger partial charge in [-0.25, -0.2) is 0 Å². The van der Waals surface area contributed by atoms with Gasteiger partial charge in [-0.05, 0) is 61.1 Å². The van der Waals surface area contributed by atoms with Gasteiger partial charge in [-0.1, -0.05) is 44.2 Å². The minimum absolute atomic E-state index is 0.0426. The molecular formula is C22H28N2O. The molecule has 0 saturated carbocycles. The zero-order valence-corrected chi connectivity index (χ0v) is 15.3. The second kappa shape index (κ2) is 8.30. The van der Waals surface area contributed by atoms with Crippen LogP contribution in [0.4, 0.5) is 5.69 Å². The molecule has 1 saturated heterocycles. The smallest absolute Gasteiger partial charge is 0.255 e. The maximum absolute atomic E-state index is 12.5. The van der Waals surface area contributed by atoms with E-state index < -0.39 is 0 Å². The number of rotatable bonds is 5. The minimum atomic E-state index is -0.0426. The summed E-state index contributed by atoms with van der Waals surface area (Å²) in [6.07, 6.45) is 3.54. The van der Waals surface area contributed by atoms with E-state index >= 15 is 0 Å². The lowest BCUT2D eigenvalue weighted by Crippen LogP contribution is -2.33. The summed E-state index contributed by atoms with van der Waals surface area (Å²) in [6.45, 7) is 7.76. The summed E-state index contributed by atoms with van der Waals surface area (Å²) in [5.41, 5.74) is 4.05. The quantitative estimate of drug-likeness (QED) is 0.856. The molecule has 1 unspecified atom stereocenters. The lowest BCUT2D eigenvalue weighted by molar-refractivity contribution is 0.102. The van der Waals surface area contributed by atoms with Crippen molar-refractivity contribution in [1.29, 1.82) is 0 Å². The number of nitrogens with one attached hydrogen (secondary N) is 1. The number of para-hydroxylation sites is 1. The van der Waals surface area contributed by atoms with Crippen LogP contribution in [0.5, 0.6) is 0 Å². The van der Waals surface area contributed by atoms with Crippen LogP contribution in [0.15, 0.2) is 48.5 Å². The lowest BCUT2D eigenvalue weighted by atomic mass is 9.99. The largest absolute Gasteiger partial charge is 0.322 e. The Bertz CT molecular complexity index is 708. The Morgan fingerprint density at radius 2 is 1.92 bits per heavy atom. The Hall–Kier alpha value is -2.13. The molecule has 0 aliphatic carbocycles. The van der Waals surface area contributed by atoms with E-state index in [1.54, 1.807) is 0 Å². The second-order valence-corrected chi connectivity index (χ2v) is 7.14. The molecule has 2 aromatic carbocycles. The maximum atomic E-state index is 12.5. The first-order chi connectivity index (χ1) is 12.2. The summed E-state index contributed by atoms with van der Waals surface area (Å²) < 4.78 is 0. The molecule has 1 N–H and O–H groups in total. The van der Waals surface area contributed by atoms with Crippen LogP contribution in [0.2, 0.25) is 0 Å². The summed E-state index contributed by atoms with van der Waals surface area (Å²) in [5.74, 6) is 0.747. The summed E-state index contributed by atoms with van der Waals surface area (Å²) in [6, 6.07) is 16.0. The number of anilines is 1. The molecule has 3 heteroatoms. The molecule has 2 aromatic rings. The highest BCUT2D eigenvalue weighted by Crippen LogP contribution is 2.19. The zero-order chi connectivity index (χ0) is 17.6. The van der Waals surface area contributed by atoms with E-state index in [9.17, 15) is 4.79 Å². The number of hydrogen-bond donors (Lipinski definition) is 1. The van der Waals surface area contributed by atoms with E-state index in [0.29, 0.717) is 5.56 Å². The fourth-order valence-electron chi connectivity index (χ4n) is 3.60. The number of likely N-dealkylation sites (tertiary alicyclic amines) is 1. The molecule has 1 heterocycles. The number of hydrogen-bond acceptors (Lipinski definition) is 2. The highest BCUT2D eigenvalue weighted by atomic mass is 16.1. The predicted molar refractivity (Wildman–Crippen MR) is 104 cm³/mol. The van der Waals surface area contributed by atoms with Crippen LogP contribution in [0.25, 0.3) is 0 Å². The van der Waals surface area contributed by atoms with Gasteiger partial charge in [-0.2, -0.15) is 0 Å². The molecule has 1 atom stereocenters. The third-order valence-electron chi connectivity index (χ3n) is 5.01. The topological polar surface area (TPSA) is 32.3 Å². The number of carbonyl (C=O) groups excluding carboxylic acids is 1. The normalized spacial score (nSPS) is 18.1. The van der Waals surface area contributed by atoms with E-state index in [2.05, 4.69) is 42.3 Å². The van der Waals surface area contributed by atoms with E-state index in [0.717, 1.165) is 30.1 Å². The fraction of sp³-hybridized carbons (Fsp3) is 0.409. The Morgan fingerprint density at radius 3 is 2.64 bits per heavy atom. The Morgan fingerprint density at radius 1 is 1.16 bits per heavy atom. The van der Waals surface area contributed by atoms with Crippen molar-refractivity contribution in [2.24, 2.45) is 5.92 Å². The molecular weight excluding hydrogens is 308 g/mol. The number of aryl methyl sites for hydroxylation is 1. The minimum Gasteiger partial charge on any atom is -0.322 e. The fourth-order valence-corrected chi connectivity index (χ4v) is 3.60. The third-order valence-corrected chi connectivity index (χ3v) is 5.01. The average molecular weight is 336 g/mol. The summed E-state index contributed by atoms with van der Waals surface area (Å²) in [5, 5.41) is 3.04. The molecule has 1 amide bonds. The number of piperidine rings is 1. The van der Waals surface area contributed by atoms with Crippen molar-refractivity contribution in [2.75, 3.05) is 18.4 Å². The molecule has 1 fully saturated rings. The molecule has 0 spiro atoms. The third kappa shape index (κ3) is 4.70. The second-order valence-electron chi connectivity index (χ2n) is 7.14. The first-order valence-corrected chi connectivity index (χ1v) is 9.36. The predicted octanol–water partition coefficient (Wildman–Crippen LogP) is 4.73. The first kappa shape index (κ1) is 17.7. The highest BCUT2D eigenvalue weighted by Gasteiger charge is 2.16. The van der Waals surface area contributed by atoms with Crippen molar-refractivity contribution in [3.63, 3.8) is 0 Å². The van der Waals surface area contributed by atoms with Crippen molar-refractivity contribution in [3.8, 4) is 0 Å². The van der Waals surface area contributed by atoms with Crippen LogP contribution >= 0.6 is 0 Å². The number of nitrogens with zero attached hydrogens (tertiary/aromatic N) is 1. The van der Waals surface area contributed by atoms with Gasteiger partial charge in [0.05, 0.1) is 0 Å². The van der Waals surface area contributed by atoms with Crippen LogP contribution in [-0.4, -0.2) is 23.9 Å². The Kier molecular flexibility index (Phi) is 5.87. The Labute approximate surface area is 151 Å². The van der Waals surface area contributed by atoms with Crippen LogP contribution in [0.1, 0.15) is 48.2 Å². The molecule has 1 aliphatic rings. The van der Waals surface area contributed by atoms with Gasteiger partial charge in [0.1, 0.15) is 0 Å². The van der Waals surface area contributed by atoms with Crippen molar-refractivity contribution in [1.82, 2.24) is 4.90 Å². The van der Waals surface area contributed by atoms with Gasteiger partial charge >= 0.3 is 0 Å². The van der Waals surface area contributed by atoms with Gasteiger partial charge < -0.3 is 5.32 Å². The van der Waals surface area contributed by atoms with E-state index in [1.165, 1.54) is 31.5 Å². The number of benzene rings is 2. The molecule has 3 rings (SSSR count). The van der Waals surface area contributed by atoms with Crippen LogP contribution in [-0.2, 0) is 13.0 Å². The molecule has 0 radical (unpaired) electrons. The lowest BCUT2D eigenvalue weighted by Gasteiger charge is -2.30. The summed E-state index contributed by atoms with van der Waals surface area (Å²) >= 11 is 0. The van der Waals surface area contributed by atoms with Crippen molar-refractivity contribution in [2.45, 2.75) is 39.7 Å². The molecule has 132 valence electrons. The first-order valence-electron chi connectivity index (χ1n) is 9.36. The number of amides is 1. The Balaban J connectivity index is 1.62.